The molecule has 2 N–H and O–H groups in total. The van der Waals surface area contributed by atoms with E-state index in [0.29, 0.717) is 4.99 Å². The van der Waals surface area contributed by atoms with Crippen molar-refractivity contribution in [3.05, 3.63) is 29.8 Å². The van der Waals surface area contributed by atoms with Crippen LogP contribution in [0, 0.1) is 5.92 Å². The maximum Gasteiger partial charge on any atom is 0.103 e. The highest BCUT2D eigenvalue weighted by Crippen LogP contribution is 2.26. The monoisotopic (exact) mass is 262 g/mol. The van der Waals surface area contributed by atoms with Crippen molar-refractivity contribution in [3.8, 4) is 0 Å². The fraction of sp³-hybridized carbons (Fsp3) is 0.533. The lowest BCUT2D eigenvalue weighted by Gasteiger charge is -2.33. The highest BCUT2D eigenvalue weighted by atomic mass is 32.1. The molecule has 2 rings (SSSR count). The zero-order valence-corrected chi connectivity index (χ0v) is 11.9. The van der Waals surface area contributed by atoms with Gasteiger partial charge in [-0.2, -0.15) is 0 Å². The zero-order chi connectivity index (χ0) is 13.0. The van der Waals surface area contributed by atoms with Crippen LogP contribution < -0.4 is 10.6 Å². The number of hydrogen-bond donors (Lipinski definition) is 1. The molecule has 0 amide bonds. The minimum absolute atomic E-state index is 0.475. The van der Waals surface area contributed by atoms with Crippen molar-refractivity contribution in [3.63, 3.8) is 0 Å². The van der Waals surface area contributed by atoms with Gasteiger partial charge in [-0.3, -0.25) is 0 Å². The van der Waals surface area contributed by atoms with Gasteiger partial charge in [-0.05, 0) is 43.0 Å². The van der Waals surface area contributed by atoms with Gasteiger partial charge in [-0.25, -0.2) is 0 Å². The Labute approximate surface area is 115 Å². The summed E-state index contributed by atoms with van der Waals surface area (Å²) in [5.74, 6) is 0.933. The average Bonchev–Trinajstić information content (AvgIpc) is 2.40. The van der Waals surface area contributed by atoms with Gasteiger partial charge < -0.3 is 10.6 Å². The molecular weight excluding hydrogens is 240 g/mol. The first-order valence-electron chi connectivity index (χ1n) is 6.85. The van der Waals surface area contributed by atoms with Gasteiger partial charge in [0.25, 0.3) is 0 Å². The van der Waals surface area contributed by atoms with Gasteiger partial charge in [0.15, 0.2) is 0 Å². The second-order valence-electron chi connectivity index (χ2n) is 5.13. The first-order chi connectivity index (χ1) is 8.70. The fourth-order valence-corrected chi connectivity index (χ4v) is 2.86. The summed E-state index contributed by atoms with van der Waals surface area (Å²) < 4.78 is 0. The molecule has 1 aliphatic rings. The van der Waals surface area contributed by atoms with Crippen LogP contribution in [0.5, 0.6) is 0 Å². The minimum atomic E-state index is 0.475. The molecule has 1 aromatic rings. The maximum absolute atomic E-state index is 5.61. The van der Waals surface area contributed by atoms with Gasteiger partial charge in [0.1, 0.15) is 4.99 Å². The fourth-order valence-electron chi connectivity index (χ4n) is 2.72. The van der Waals surface area contributed by atoms with Crippen LogP contribution in [0.3, 0.4) is 0 Å². The lowest BCUT2D eigenvalue weighted by molar-refractivity contribution is 0.378. The molecule has 0 bridgehead atoms. The quantitative estimate of drug-likeness (QED) is 0.844. The van der Waals surface area contributed by atoms with Gasteiger partial charge >= 0.3 is 0 Å². The third-order valence-electron chi connectivity index (χ3n) is 3.83. The number of anilines is 1. The standard InChI is InChI=1S/C15H22N2S/c1-2-3-12-8-10-17(11-9-12)14-6-4-13(5-7-14)15(16)18/h4-7,12H,2-3,8-11H2,1H3,(H2,16,18). The van der Waals surface area contributed by atoms with Gasteiger partial charge in [-0.1, -0.05) is 32.0 Å². The van der Waals surface area contributed by atoms with Crippen LogP contribution in [0.2, 0.25) is 0 Å². The van der Waals surface area contributed by atoms with E-state index in [9.17, 15) is 0 Å². The van der Waals surface area contributed by atoms with E-state index < -0.39 is 0 Å². The molecule has 3 heteroatoms. The molecule has 1 heterocycles. The van der Waals surface area contributed by atoms with Crippen molar-refractivity contribution in [1.29, 1.82) is 0 Å². The number of thiocarbonyl (C=S) groups is 1. The molecular formula is C15H22N2S. The Bertz CT molecular complexity index is 391. The SMILES string of the molecule is CCCC1CCN(c2ccc(C(N)=S)cc2)CC1. The number of piperidine rings is 1. The van der Waals surface area contributed by atoms with Crippen molar-refractivity contribution in [2.45, 2.75) is 32.6 Å². The maximum atomic E-state index is 5.61. The first-order valence-corrected chi connectivity index (χ1v) is 7.26. The van der Waals surface area contributed by atoms with E-state index in [4.69, 9.17) is 18.0 Å². The average molecular weight is 262 g/mol. The molecule has 0 unspecified atom stereocenters. The van der Waals surface area contributed by atoms with E-state index in [1.54, 1.807) is 0 Å². The minimum Gasteiger partial charge on any atom is -0.389 e. The van der Waals surface area contributed by atoms with E-state index in [0.717, 1.165) is 11.5 Å². The van der Waals surface area contributed by atoms with Crippen LogP contribution >= 0.6 is 12.2 Å². The highest BCUT2D eigenvalue weighted by Gasteiger charge is 2.18. The normalized spacial score (nSPS) is 16.8. The third-order valence-corrected chi connectivity index (χ3v) is 4.06. The molecule has 98 valence electrons. The Morgan fingerprint density at radius 3 is 2.39 bits per heavy atom. The van der Waals surface area contributed by atoms with Crippen LogP contribution in [-0.2, 0) is 0 Å². The Balaban J connectivity index is 1.95. The highest BCUT2D eigenvalue weighted by molar-refractivity contribution is 7.80. The van der Waals surface area contributed by atoms with Crippen LogP contribution in [0.4, 0.5) is 5.69 Å². The zero-order valence-electron chi connectivity index (χ0n) is 11.1. The van der Waals surface area contributed by atoms with Crippen molar-refractivity contribution in [2.24, 2.45) is 11.7 Å². The van der Waals surface area contributed by atoms with Gasteiger partial charge in [-0.15, -0.1) is 0 Å². The summed E-state index contributed by atoms with van der Waals surface area (Å²) in [5.41, 5.74) is 7.86. The molecule has 0 aromatic heterocycles. The van der Waals surface area contributed by atoms with Crippen molar-refractivity contribution in [2.75, 3.05) is 18.0 Å². The van der Waals surface area contributed by atoms with E-state index >= 15 is 0 Å². The number of nitrogens with two attached hydrogens (primary N) is 1. The Kier molecular flexibility index (Phi) is 4.59. The predicted octanol–water partition coefficient (Wildman–Crippen LogP) is 3.34. The summed E-state index contributed by atoms with van der Waals surface area (Å²) in [6.07, 6.45) is 5.34. The summed E-state index contributed by atoms with van der Waals surface area (Å²) in [6.45, 7) is 4.63. The number of hydrogen-bond acceptors (Lipinski definition) is 2. The molecule has 0 radical (unpaired) electrons. The lowest BCUT2D eigenvalue weighted by atomic mass is 9.92. The van der Waals surface area contributed by atoms with Gasteiger partial charge in [0, 0.05) is 24.3 Å². The van der Waals surface area contributed by atoms with Gasteiger partial charge in [0.2, 0.25) is 0 Å². The molecule has 2 nitrogen and oxygen atoms in total. The number of nitrogens with zero attached hydrogens (tertiary/aromatic N) is 1. The lowest BCUT2D eigenvalue weighted by Crippen LogP contribution is -2.33. The molecule has 0 aliphatic carbocycles. The molecule has 1 aliphatic heterocycles. The number of benzene rings is 1. The molecule has 1 fully saturated rings. The largest absolute Gasteiger partial charge is 0.389 e. The Hall–Kier alpha value is -1.09. The second kappa shape index (κ2) is 6.19. The van der Waals surface area contributed by atoms with Crippen molar-refractivity contribution in [1.82, 2.24) is 0 Å². The van der Waals surface area contributed by atoms with E-state index in [1.807, 2.05) is 12.1 Å². The summed E-state index contributed by atoms with van der Waals surface area (Å²) in [6, 6.07) is 8.31. The van der Waals surface area contributed by atoms with Crippen LogP contribution in [-0.4, -0.2) is 18.1 Å². The summed E-state index contributed by atoms with van der Waals surface area (Å²) in [7, 11) is 0. The predicted molar refractivity (Wildman–Crippen MR) is 82.2 cm³/mol. The second-order valence-corrected chi connectivity index (χ2v) is 5.57. The Morgan fingerprint density at radius 1 is 1.28 bits per heavy atom. The summed E-state index contributed by atoms with van der Waals surface area (Å²) in [5, 5.41) is 0. The number of rotatable bonds is 4. The smallest absolute Gasteiger partial charge is 0.103 e. The topological polar surface area (TPSA) is 29.3 Å². The summed E-state index contributed by atoms with van der Waals surface area (Å²) in [4.78, 5) is 2.94. The molecule has 1 aromatic carbocycles. The Morgan fingerprint density at radius 2 is 1.89 bits per heavy atom. The van der Waals surface area contributed by atoms with Crippen LogP contribution in [0.25, 0.3) is 0 Å². The molecule has 0 atom stereocenters. The van der Waals surface area contributed by atoms with E-state index in [2.05, 4.69) is 24.0 Å². The van der Waals surface area contributed by atoms with Crippen LogP contribution in [0.15, 0.2) is 24.3 Å². The van der Waals surface area contributed by atoms with Crippen LogP contribution in [0.1, 0.15) is 38.2 Å². The molecule has 1 saturated heterocycles. The van der Waals surface area contributed by atoms with Crippen molar-refractivity contribution < 1.29 is 0 Å². The van der Waals surface area contributed by atoms with Gasteiger partial charge in [0.05, 0.1) is 0 Å². The van der Waals surface area contributed by atoms with E-state index in [1.165, 1.54) is 44.5 Å². The molecule has 18 heavy (non-hydrogen) atoms. The summed E-state index contributed by atoms with van der Waals surface area (Å²) >= 11 is 4.97. The first kappa shape index (κ1) is 13.3. The molecule has 0 spiro atoms. The molecule has 0 saturated carbocycles. The third kappa shape index (κ3) is 3.22. The van der Waals surface area contributed by atoms with E-state index in [-0.39, 0.29) is 0 Å². The van der Waals surface area contributed by atoms with Crippen molar-refractivity contribution >= 4 is 22.9 Å².